The highest BCUT2D eigenvalue weighted by molar-refractivity contribution is 6.36. The van der Waals surface area contributed by atoms with Crippen LogP contribution in [-0.2, 0) is 16.0 Å². The number of ketones is 1. The van der Waals surface area contributed by atoms with Gasteiger partial charge in [0.15, 0.2) is 0 Å². The van der Waals surface area contributed by atoms with Gasteiger partial charge in [0.05, 0.1) is 10.4 Å². The summed E-state index contributed by atoms with van der Waals surface area (Å²) in [4.78, 5) is 46.6. The van der Waals surface area contributed by atoms with E-state index in [0.717, 1.165) is 42.4 Å². The second-order valence-electron chi connectivity index (χ2n) is 9.34. The number of rotatable bonds is 9. The van der Waals surface area contributed by atoms with E-state index in [-0.39, 0.29) is 29.6 Å². The molecule has 36 heavy (non-hydrogen) atoms. The van der Waals surface area contributed by atoms with Crippen LogP contribution in [0.2, 0.25) is 0 Å². The van der Waals surface area contributed by atoms with Gasteiger partial charge in [0.25, 0.3) is 11.6 Å². The number of aromatic nitrogens is 2. The molecule has 2 N–H and O–H groups in total. The zero-order chi connectivity index (χ0) is 25.7. The Bertz CT molecular complexity index is 1270. The molecule has 0 atom stereocenters. The van der Waals surface area contributed by atoms with Crippen molar-refractivity contribution < 1.29 is 14.5 Å². The van der Waals surface area contributed by atoms with Gasteiger partial charge in [-0.15, -0.1) is 0 Å². The van der Waals surface area contributed by atoms with Crippen LogP contribution in [0.3, 0.4) is 0 Å². The molecule has 1 heterocycles. The summed E-state index contributed by atoms with van der Waals surface area (Å²) in [7, 11) is 3.92. The summed E-state index contributed by atoms with van der Waals surface area (Å²) in [5.41, 5.74) is 0.973. The van der Waals surface area contributed by atoms with Crippen LogP contribution in [0.1, 0.15) is 31.2 Å². The van der Waals surface area contributed by atoms with E-state index in [2.05, 4.69) is 15.6 Å². The molecule has 0 aliphatic heterocycles. The number of benzene rings is 2. The first-order valence-electron chi connectivity index (χ1n) is 12.1. The summed E-state index contributed by atoms with van der Waals surface area (Å²) in [6.07, 6.45) is 3.30. The van der Waals surface area contributed by atoms with Gasteiger partial charge in [-0.25, -0.2) is 4.98 Å². The van der Waals surface area contributed by atoms with Crippen LogP contribution >= 0.6 is 0 Å². The number of nitro benzene ring substituents is 1. The molecule has 1 aromatic heterocycles. The molecule has 1 aliphatic carbocycles. The van der Waals surface area contributed by atoms with Crippen molar-refractivity contribution in [3.8, 4) is 0 Å². The lowest BCUT2D eigenvalue weighted by Crippen LogP contribution is -2.38. The number of carbonyl (C=O) groups is 2. The minimum absolute atomic E-state index is 0.155. The number of nitrogens with zero attached hydrogens (tertiary/aromatic N) is 4. The Balaban J connectivity index is 1.27. The number of amides is 1. The molecule has 3 aromatic rings. The van der Waals surface area contributed by atoms with Crippen molar-refractivity contribution in [1.82, 2.24) is 15.3 Å². The van der Waals surface area contributed by atoms with Crippen molar-refractivity contribution in [2.45, 2.75) is 38.1 Å². The lowest BCUT2D eigenvalue weighted by molar-refractivity contribution is -0.385. The normalized spacial score (nSPS) is 17.4. The lowest BCUT2D eigenvalue weighted by Gasteiger charge is -2.29. The molecular weight excluding hydrogens is 460 g/mol. The molecule has 1 amide bonds. The van der Waals surface area contributed by atoms with Crippen LogP contribution in [0.25, 0.3) is 10.9 Å². The molecule has 1 aliphatic rings. The average molecular weight is 491 g/mol. The molecular formula is C26H30N6O4. The number of nitro groups is 1. The van der Waals surface area contributed by atoms with Gasteiger partial charge in [-0.1, -0.05) is 30.3 Å². The average Bonchev–Trinajstić information content (AvgIpc) is 2.87. The monoisotopic (exact) mass is 490 g/mol. The van der Waals surface area contributed by atoms with E-state index in [1.165, 1.54) is 18.2 Å². The Hall–Kier alpha value is -4.08. The fourth-order valence-corrected chi connectivity index (χ4v) is 4.59. The molecule has 0 spiro atoms. The van der Waals surface area contributed by atoms with Gasteiger partial charge in [0.1, 0.15) is 5.82 Å². The van der Waals surface area contributed by atoms with Crippen molar-refractivity contribution in [2.24, 2.45) is 5.92 Å². The number of para-hydroxylation sites is 2. The van der Waals surface area contributed by atoms with Crippen LogP contribution in [0, 0.1) is 16.0 Å². The SMILES string of the molecule is CN(C)c1nc(N[C@H]2CC[C@@H](CNC(=O)C(=O)Cc3ccccc3[N+](=O)[O-])CC2)nc2ccccc12. The number of anilines is 2. The molecule has 4 rings (SSSR count). The van der Waals surface area contributed by atoms with Crippen LogP contribution in [0.4, 0.5) is 17.5 Å². The summed E-state index contributed by atoms with van der Waals surface area (Å²) in [5.74, 6) is 0.361. The summed E-state index contributed by atoms with van der Waals surface area (Å²) in [5, 5.41) is 18.3. The second-order valence-corrected chi connectivity index (χ2v) is 9.34. The lowest BCUT2D eigenvalue weighted by atomic mass is 9.86. The third kappa shape index (κ3) is 5.94. The predicted molar refractivity (Wildman–Crippen MR) is 138 cm³/mol. The van der Waals surface area contributed by atoms with Crippen LogP contribution in [-0.4, -0.2) is 53.3 Å². The van der Waals surface area contributed by atoms with Crippen molar-refractivity contribution in [3.63, 3.8) is 0 Å². The molecule has 0 saturated heterocycles. The molecule has 0 bridgehead atoms. The maximum Gasteiger partial charge on any atom is 0.287 e. The number of fused-ring (bicyclic) bond motifs is 1. The van der Waals surface area contributed by atoms with Gasteiger partial charge >= 0.3 is 0 Å². The Morgan fingerprint density at radius 3 is 2.44 bits per heavy atom. The van der Waals surface area contributed by atoms with Crippen molar-refractivity contribution in [3.05, 3.63) is 64.2 Å². The van der Waals surface area contributed by atoms with Gasteiger partial charge in [0, 0.05) is 50.1 Å². The van der Waals surface area contributed by atoms with Crippen molar-refractivity contribution in [1.29, 1.82) is 0 Å². The van der Waals surface area contributed by atoms with Crippen molar-refractivity contribution in [2.75, 3.05) is 30.9 Å². The Morgan fingerprint density at radius 1 is 1.03 bits per heavy atom. The van der Waals surface area contributed by atoms with E-state index < -0.39 is 16.6 Å². The fraction of sp³-hybridized carbons (Fsp3) is 0.385. The standard InChI is InChI=1S/C26H30N6O4/c1-31(2)24-20-8-4-5-9-21(20)29-26(30-24)28-19-13-11-17(12-14-19)16-27-25(34)23(33)15-18-7-3-6-10-22(18)32(35)36/h3-10,17,19H,11-16H2,1-2H3,(H,27,34)(H,28,29,30)/t17-,19+. The first kappa shape index (κ1) is 25.0. The highest BCUT2D eigenvalue weighted by Gasteiger charge is 2.25. The highest BCUT2D eigenvalue weighted by atomic mass is 16.6. The van der Waals surface area contributed by atoms with Crippen molar-refractivity contribution >= 4 is 40.0 Å². The molecule has 10 heteroatoms. The number of Topliss-reactive ketones (excluding diaryl/α,β-unsaturated/α-hetero) is 1. The zero-order valence-corrected chi connectivity index (χ0v) is 20.4. The molecule has 0 radical (unpaired) electrons. The minimum atomic E-state index is -0.700. The zero-order valence-electron chi connectivity index (χ0n) is 20.4. The van der Waals surface area contributed by atoms with Gasteiger partial charge in [-0.3, -0.25) is 19.7 Å². The first-order valence-corrected chi connectivity index (χ1v) is 12.1. The second kappa shape index (κ2) is 11.1. The number of carbonyl (C=O) groups excluding carboxylic acids is 2. The van der Waals surface area contributed by atoms with Crippen LogP contribution in [0.5, 0.6) is 0 Å². The maximum absolute atomic E-state index is 12.3. The minimum Gasteiger partial charge on any atom is -0.362 e. The molecule has 188 valence electrons. The molecule has 0 unspecified atom stereocenters. The van der Waals surface area contributed by atoms with E-state index in [1.54, 1.807) is 6.07 Å². The van der Waals surface area contributed by atoms with Crippen LogP contribution in [0.15, 0.2) is 48.5 Å². The Labute approximate surface area is 209 Å². The number of hydrogen-bond donors (Lipinski definition) is 2. The van der Waals surface area contributed by atoms with Crippen LogP contribution < -0.4 is 15.5 Å². The summed E-state index contributed by atoms with van der Waals surface area (Å²) < 4.78 is 0. The smallest absolute Gasteiger partial charge is 0.287 e. The summed E-state index contributed by atoms with van der Waals surface area (Å²) >= 11 is 0. The van der Waals surface area contributed by atoms with E-state index in [0.29, 0.717) is 12.5 Å². The van der Waals surface area contributed by atoms with E-state index in [4.69, 9.17) is 4.98 Å². The summed E-state index contributed by atoms with van der Waals surface area (Å²) in [6, 6.07) is 14.1. The number of nitrogens with one attached hydrogen (secondary N) is 2. The quantitative estimate of drug-likeness (QED) is 0.265. The highest BCUT2D eigenvalue weighted by Crippen LogP contribution is 2.28. The van der Waals surface area contributed by atoms with Gasteiger partial charge in [0.2, 0.25) is 11.7 Å². The molecule has 1 saturated carbocycles. The third-order valence-corrected chi connectivity index (χ3v) is 6.53. The third-order valence-electron chi connectivity index (χ3n) is 6.53. The van der Waals surface area contributed by atoms with E-state index >= 15 is 0 Å². The largest absolute Gasteiger partial charge is 0.362 e. The maximum atomic E-state index is 12.3. The summed E-state index contributed by atoms with van der Waals surface area (Å²) in [6.45, 7) is 0.408. The Kier molecular flexibility index (Phi) is 7.72. The topological polar surface area (TPSA) is 130 Å². The molecule has 10 nitrogen and oxygen atoms in total. The fourth-order valence-electron chi connectivity index (χ4n) is 4.59. The molecule has 1 fully saturated rings. The van der Waals surface area contributed by atoms with Gasteiger partial charge in [-0.05, 0) is 43.7 Å². The first-order chi connectivity index (χ1) is 17.3. The van der Waals surface area contributed by atoms with Gasteiger partial charge < -0.3 is 15.5 Å². The van der Waals surface area contributed by atoms with E-state index in [1.807, 2.05) is 43.3 Å². The van der Waals surface area contributed by atoms with Gasteiger partial charge in [-0.2, -0.15) is 4.98 Å². The van der Waals surface area contributed by atoms with E-state index in [9.17, 15) is 19.7 Å². The predicted octanol–water partition coefficient (Wildman–Crippen LogP) is 3.50. The Morgan fingerprint density at radius 2 is 1.72 bits per heavy atom. The number of hydrogen-bond acceptors (Lipinski definition) is 8. The molecule has 2 aromatic carbocycles.